The number of hydrogen-bond acceptors (Lipinski definition) is 4. The third-order valence-corrected chi connectivity index (χ3v) is 6.35. The van der Waals surface area contributed by atoms with Gasteiger partial charge in [-0.1, -0.05) is 19.1 Å². The van der Waals surface area contributed by atoms with Crippen molar-refractivity contribution in [2.24, 2.45) is 5.92 Å². The van der Waals surface area contributed by atoms with Crippen molar-refractivity contribution in [3.05, 3.63) is 36.0 Å². The summed E-state index contributed by atoms with van der Waals surface area (Å²) in [6, 6.07) is 7.11. The van der Waals surface area contributed by atoms with Crippen LogP contribution in [0.2, 0.25) is 0 Å². The summed E-state index contributed by atoms with van der Waals surface area (Å²) >= 11 is 0. The predicted molar refractivity (Wildman–Crippen MR) is 101 cm³/mol. The Hall–Kier alpha value is -1.50. The minimum atomic E-state index is -3.60. The Bertz CT molecular complexity index is 851. The molecule has 6 heteroatoms. The molecule has 5 nitrogen and oxygen atoms in total. The third kappa shape index (κ3) is 4.37. The van der Waals surface area contributed by atoms with Gasteiger partial charge in [0.25, 0.3) is 0 Å². The van der Waals surface area contributed by atoms with Crippen LogP contribution >= 0.6 is 0 Å². The number of likely N-dealkylation sites (tertiary alicyclic amines) is 1. The number of nitrogens with zero attached hydrogens (tertiary/aromatic N) is 2. The summed E-state index contributed by atoms with van der Waals surface area (Å²) in [6.07, 6.45) is 4.16. The quantitative estimate of drug-likeness (QED) is 0.889. The maximum absolute atomic E-state index is 12.9. The number of pyridine rings is 1. The van der Waals surface area contributed by atoms with E-state index in [-0.39, 0.29) is 10.9 Å². The molecule has 1 saturated heterocycles. The monoisotopic (exact) mass is 361 g/mol. The Morgan fingerprint density at radius 2 is 2.20 bits per heavy atom. The first-order valence-corrected chi connectivity index (χ1v) is 10.4. The van der Waals surface area contributed by atoms with Crippen LogP contribution in [0.15, 0.2) is 35.4 Å². The number of fused-ring (bicyclic) bond motifs is 1. The lowest BCUT2D eigenvalue weighted by Crippen LogP contribution is -2.45. The van der Waals surface area contributed by atoms with E-state index >= 15 is 0 Å². The van der Waals surface area contributed by atoms with Gasteiger partial charge in [-0.15, -0.1) is 0 Å². The minimum absolute atomic E-state index is 0.143. The van der Waals surface area contributed by atoms with Crippen LogP contribution in [0.5, 0.6) is 0 Å². The van der Waals surface area contributed by atoms with Gasteiger partial charge in [0, 0.05) is 30.7 Å². The molecule has 1 aromatic carbocycles. The van der Waals surface area contributed by atoms with Gasteiger partial charge in [0.05, 0.1) is 5.52 Å². The van der Waals surface area contributed by atoms with Crippen LogP contribution in [0.4, 0.5) is 0 Å². The molecule has 1 fully saturated rings. The van der Waals surface area contributed by atoms with Gasteiger partial charge in [-0.05, 0) is 56.8 Å². The molecule has 2 heterocycles. The molecule has 1 aliphatic rings. The summed E-state index contributed by atoms with van der Waals surface area (Å²) < 4.78 is 28.6. The molecule has 0 bridgehead atoms. The molecular formula is C19H27N3O2S. The van der Waals surface area contributed by atoms with E-state index in [4.69, 9.17) is 0 Å². The third-order valence-electron chi connectivity index (χ3n) is 4.73. The van der Waals surface area contributed by atoms with Crippen LogP contribution in [0.3, 0.4) is 0 Å². The average Bonchev–Trinajstić information content (AvgIpc) is 2.53. The van der Waals surface area contributed by atoms with Crippen molar-refractivity contribution in [2.45, 2.75) is 44.6 Å². The van der Waals surface area contributed by atoms with E-state index in [9.17, 15) is 8.42 Å². The smallest absolute Gasteiger partial charge is 0.243 e. The standard InChI is InChI=1S/C19H27N3O2S/c1-14-6-5-9-22(12-14)13-16(3)21-25(23,24)18-8-4-7-17-10-15(2)11-20-19(17)18/h4,7-8,10-11,14,16,21H,5-6,9,12-13H2,1-3H3/t14-,16+/m1/s1. The fourth-order valence-electron chi connectivity index (χ4n) is 3.67. The lowest BCUT2D eigenvalue weighted by molar-refractivity contribution is 0.174. The van der Waals surface area contributed by atoms with Gasteiger partial charge in [0.15, 0.2) is 0 Å². The lowest BCUT2D eigenvalue weighted by Gasteiger charge is -2.32. The maximum atomic E-state index is 12.9. The summed E-state index contributed by atoms with van der Waals surface area (Å²) in [5.74, 6) is 0.683. The molecule has 0 aliphatic carbocycles. The molecule has 0 unspecified atom stereocenters. The van der Waals surface area contributed by atoms with Crippen LogP contribution in [0, 0.1) is 12.8 Å². The predicted octanol–water partition coefficient (Wildman–Crippen LogP) is 2.94. The fraction of sp³-hybridized carbons (Fsp3) is 0.526. The van der Waals surface area contributed by atoms with Crippen molar-refractivity contribution in [1.29, 1.82) is 0 Å². The van der Waals surface area contributed by atoms with Crippen molar-refractivity contribution in [3.8, 4) is 0 Å². The Balaban J connectivity index is 1.77. The number of sulfonamides is 1. The molecule has 1 aliphatic heterocycles. The van der Waals surface area contributed by atoms with E-state index in [1.165, 1.54) is 12.8 Å². The van der Waals surface area contributed by atoms with Crippen molar-refractivity contribution >= 4 is 20.9 Å². The van der Waals surface area contributed by atoms with Gasteiger partial charge in [-0.3, -0.25) is 4.98 Å². The molecule has 1 aromatic heterocycles. The summed E-state index contributed by atoms with van der Waals surface area (Å²) in [7, 11) is -3.60. The molecular weight excluding hydrogens is 334 g/mol. The second kappa shape index (κ2) is 7.40. The van der Waals surface area contributed by atoms with Gasteiger partial charge in [-0.2, -0.15) is 0 Å². The topological polar surface area (TPSA) is 62.3 Å². The minimum Gasteiger partial charge on any atom is -0.301 e. The molecule has 0 amide bonds. The first-order chi connectivity index (χ1) is 11.8. The molecule has 0 saturated carbocycles. The van der Waals surface area contributed by atoms with Crippen LogP contribution in [0.25, 0.3) is 10.9 Å². The largest absolute Gasteiger partial charge is 0.301 e. The van der Waals surface area contributed by atoms with E-state index in [2.05, 4.69) is 21.5 Å². The zero-order chi connectivity index (χ0) is 18.0. The molecule has 2 atom stereocenters. The number of piperidine rings is 1. The van der Waals surface area contributed by atoms with Gasteiger partial charge in [0.1, 0.15) is 4.90 Å². The normalized spacial score (nSPS) is 20.7. The Kier molecular flexibility index (Phi) is 5.41. The van der Waals surface area contributed by atoms with E-state index < -0.39 is 10.0 Å². The van der Waals surface area contributed by atoms with Crippen molar-refractivity contribution < 1.29 is 8.42 Å². The van der Waals surface area contributed by atoms with Crippen LogP contribution < -0.4 is 4.72 Å². The Labute approximate surface area is 150 Å². The number of aryl methyl sites for hydroxylation is 1. The second-order valence-corrected chi connectivity index (χ2v) is 9.05. The van der Waals surface area contributed by atoms with E-state index in [1.54, 1.807) is 18.3 Å². The van der Waals surface area contributed by atoms with Crippen molar-refractivity contribution in [3.63, 3.8) is 0 Å². The van der Waals surface area contributed by atoms with Crippen LogP contribution in [-0.2, 0) is 10.0 Å². The summed E-state index contributed by atoms with van der Waals surface area (Å²) in [6.45, 7) is 8.96. The molecule has 136 valence electrons. The maximum Gasteiger partial charge on any atom is 0.243 e. The summed E-state index contributed by atoms with van der Waals surface area (Å²) in [5, 5.41) is 0.848. The number of nitrogens with one attached hydrogen (secondary N) is 1. The highest BCUT2D eigenvalue weighted by Crippen LogP contribution is 2.22. The van der Waals surface area contributed by atoms with E-state index in [0.717, 1.165) is 30.6 Å². The molecule has 25 heavy (non-hydrogen) atoms. The SMILES string of the molecule is Cc1cnc2c(S(=O)(=O)N[C@@H](C)CN3CCC[C@@H](C)C3)cccc2c1. The van der Waals surface area contributed by atoms with Gasteiger partial charge >= 0.3 is 0 Å². The van der Waals surface area contributed by atoms with E-state index in [0.29, 0.717) is 11.4 Å². The van der Waals surface area contributed by atoms with E-state index in [1.807, 2.05) is 26.0 Å². The zero-order valence-electron chi connectivity index (χ0n) is 15.2. The molecule has 0 spiro atoms. The lowest BCUT2D eigenvalue weighted by atomic mass is 10.00. The highest BCUT2D eigenvalue weighted by atomic mass is 32.2. The summed E-state index contributed by atoms with van der Waals surface area (Å²) in [5.41, 5.74) is 1.54. The second-order valence-electron chi connectivity index (χ2n) is 7.37. The number of benzene rings is 1. The van der Waals surface area contributed by atoms with Gasteiger partial charge in [0.2, 0.25) is 10.0 Å². The fourth-order valence-corrected chi connectivity index (χ4v) is 5.08. The van der Waals surface area contributed by atoms with Gasteiger partial charge < -0.3 is 4.90 Å². The molecule has 2 aromatic rings. The van der Waals surface area contributed by atoms with Crippen LogP contribution in [-0.4, -0.2) is 44.0 Å². The number of aromatic nitrogens is 1. The number of para-hydroxylation sites is 1. The molecule has 0 radical (unpaired) electrons. The highest BCUT2D eigenvalue weighted by Gasteiger charge is 2.23. The Morgan fingerprint density at radius 1 is 1.40 bits per heavy atom. The first kappa shape index (κ1) is 18.3. The van der Waals surface area contributed by atoms with Crippen LogP contribution in [0.1, 0.15) is 32.3 Å². The van der Waals surface area contributed by atoms with Crippen molar-refractivity contribution in [1.82, 2.24) is 14.6 Å². The summed E-state index contributed by atoms with van der Waals surface area (Å²) in [4.78, 5) is 6.96. The number of rotatable bonds is 5. The number of hydrogen-bond donors (Lipinski definition) is 1. The highest BCUT2D eigenvalue weighted by molar-refractivity contribution is 7.89. The first-order valence-electron chi connectivity index (χ1n) is 8.95. The zero-order valence-corrected chi connectivity index (χ0v) is 16.0. The average molecular weight is 362 g/mol. The molecule has 3 rings (SSSR count). The van der Waals surface area contributed by atoms with Gasteiger partial charge in [-0.25, -0.2) is 13.1 Å². The van der Waals surface area contributed by atoms with Crippen molar-refractivity contribution in [2.75, 3.05) is 19.6 Å². The molecule has 1 N–H and O–H groups in total. The Morgan fingerprint density at radius 3 is 2.96 bits per heavy atom.